The van der Waals surface area contributed by atoms with Crippen LogP contribution in [-0.4, -0.2) is 41.7 Å². The van der Waals surface area contributed by atoms with Crippen molar-refractivity contribution in [2.45, 2.75) is 25.3 Å². The summed E-state index contributed by atoms with van der Waals surface area (Å²) in [5, 5.41) is 12.6. The summed E-state index contributed by atoms with van der Waals surface area (Å²) in [4.78, 5) is 52.3. The monoisotopic (exact) mass is 401 g/mol. The molecule has 1 unspecified atom stereocenters. The number of para-hydroxylation sites is 1. The first kappa shape index (κ1) is 19.5. The lowest BCUT2D eigenvalue weighted by Gasteiger charge is -2.13. The molecule has 10 heteroatoms. The summed E-state index contributed by atoms with van der Waals surface area (Å²) in [6.45, 7) is 0. The molecule has 0 saturated carbocycles. The van der Waals surface area contributed by atoms with Crippen molar-refractivity contribution >= 4 is 45.8 Å². The summed E-state index contributed by atoms with van der Waals surface area (Å²) >= 11 is 1.22. The van der Waals surface area contributed by atoms with Crippen LogP contribution in [0.3, 0.4) is 0 Å². The fraction of sp³-hybridized carbons (Fsp3) is 0.278. The second-order valence-electron chi connectivity index (χ2n) is 6.14. The first-order valence-corrected chi connectivity index (χ1v) is 9.50. The van der Waals surface area contributed by atoms with Crippen LogP contribution in [0.2, 0.25) is 0 Å². The topological polar surface area (TPSA) is 129 Å². The van der Waals surface area contributed by atoms with E-state index in [0.29, 0.717) is 22.1 Å². The number of nitrogens with one attached hydrogen (secondary N) is 4. The summed E-state index contributed by atoms with van der Waals surface area (Å²) < 4.78 is 0. The fourth-order valence-electron chi connectivity index (χ4n) is 2.67. The Morgan fingerprint density at radius 2 is 2.00 bits per heavy atom. The molecule has 28 heavy (non-hydrogen) atoms. The number of hydrogen-bond donors (Lipinski definition) is 4. The molecular formula is C18H19N5O4S. The minimum atomic E-state index is -0.814. The number of aromatic nitrogens is 1. The van der Waals surface area contributed by atoms with E-state index in [-0.39, 0.29) is 42.9 Å². The Balaban J connectivity index is 1.54. The molecular weight excluding hydrogens is 382 g/mol. The minimum absolute atomic E-state index is 0.0269. The van der Waals surface area contributed by atoms with Crippen molar-refractivity contribution in [2.75, 3.05) is 17.7 Å². The molecule has 2 heterocycles. The lowest BCUT2D eigenvalue weighted by molar-refractivity contribution is -0.120. The van der Waals surface area contributed by atoms with Gasteiger partial charge >= 0.3 is 0 Å². The van der Waals surface area contributed by atoms with E-state index in [1.54, 1.807) is 36.7 Å². The molecule has 0 bridgehead atoms. The molecule has 0 spiro atoms. The Hall–Kier alpha value is -3.27. The van der Waals surface area contributed by atoms with Gasteiger partial charge in [-0.1, -0.05) is 12.1 Å². The molecule has 0 fully saturated rings. The summed E-state index contributed by atoms with van der Waals surface area (Å²) in [5.74, 6) is -1.23. The van der Waals surface area contributed by atoms with Gasteiger partial charge in [-0.2, -0.15) is 0 Å². The van der Waals surface area contributed by atoms with Crippen molar-refractivity contribution in [1.82, 2.24) is 15.6 Å². The van der Waals surface area contributed by atoms with Crippen molar-refractivity contribution in [1.29, 1.82) is 0 Å². The predicted molar refractivity (Wildman–Crippen MR) is 104 cm³/mol. The zero-order valence-corrected chi connectivity index (χ0v) is 15.9. The van der Waals surface area contributed by atoms with Crippen molar-refractivity contribution < 1.29 is 19.2 Å². The van der Waals surface area contributed by atoms with E-state index < -0.39 is 6.04 Å². The third-order valence-corrected chi connectivity index (χ3v) is 4.94. The highest BCUT2D eigenvalue weighted by Crippen LogP contribution is 2.20. The molecule has 2 aromatic rings. The Bertz CT molecular complexity index is 926. The Labute approximate surface area is 164 Å². The largest absolute Gasteiger partial charge is 0.359 e. The van der Waals surface area contributed by atoms with Gasteiger partial charge in [0.25, 0.3) is 5.91 Å². The molecule has 4 N–H and O–H groups in total. The molecule has 1 aromatic heterocycles. The summed E-state index contributed by atoms with van der Waals surface area (Å²) in [6, 6.07) is 5.91. The second kappa shape index (κ2) is 8.61. The number of anilines is 2. The van der Waals surface area contributed by atoms with Crippen molar-refractivity contribution in [2.24, 2.45) is 0 Å². The summed E-state index contributed by atoms with van der Waals surface area (Å²) in [6.07, 6.45) is 0.310. The molecule has 1 atom stereocenters. The van der Waals surface area contributed by atoms with E-state index in [0.717, 1.165) is 0 Å². The maximum Gasteiger partial charge on any atom is 0.254 e. The van der Waals surface area contributed by atoms with Gasteiger partial charge < -0.3 is 21.3 Å². The predicted octanol–water partition coefficient (Wildman–Crippen LogP) is 0.901. The molecule has 0 radical (unpaired) electrons. The van der Waals surface area contributed by atoms with Crippen LogP contribution in [0.15, 0.2) is 29.6 Å². The Morgan fingerprint density at radius 3 is 2.79 bits per heavy atom. The third-order valence-electron chi connectivity index (χ3n) is 4.13. The summed E-state index contributed by atoms with van der Waals surface area (Å²) in [5.41, 5.74) is 1.39. The summed E-state index contributed by atoms with van der Waals surface area (Å²) in [7, 11) is 1.54. The van der Waals surface area contributed by atoms with Gasteiger partial charge in [0.15, 0.2) is 5.13 Å². The molecule has 0 aliphatic carbocycles. The van der Waals surface area contributed by atoms with Crippen LogP contribution in [0, 0.1) is 0 Å². The average Bonchev–Trinajstić information content (AvgIpc) is 3.06. The number of amides is 4. The maximum absolute atomic E-state index is 12.3. The third kappa shape index (κ3) is 4.71. The average molecular weight is 401 g/mol. The number of thiazole rings is 1. The highest BCUT2D eigenvalue weighted by molar-refractivity contribution is 7.13. The standard InChI is InChI=1S/C18H19N5O4S/c1-19-15(25)8-10-9-28-18(20-10)23-14(24)7-6-13-17(27)21-12-5-3-2-4-11(12)16(26)22-13/h2-5,9,13H,6-8H2,1H3,(H,19,25)(H,21,27)(H,22,26)(H,20,23,24). The lowest BCUT2D eigenvalue weighted by Crippen LogP contribution is -2.41. The highest BCUT2D eigenvalue weighted by atomic mass is 32.1. The fourth-order valence-corrected chi connectivity index (χ4v) is 3.40. The van der Waals surface area contributed by atoms with Crippen LogP contribution in [0.25, 0.3) is 0 Å². The number of nitrogens with zero attached hydrogens (tertiary/aromatic N) is 1. The number of hydrogen-bond acceptors (Lipinski definition) is 6. The quantitative estimate of drug-likeness (QED) is 0.572. The van der Waals surface area contributed by atoms with Crippen molar-refractivity contribution in [3.05, 3.63) is 40.9 Å². The number of rotatable bonds is 6. The van der Waals surface area contributed by atoms with Crippen LogP contribution >= 0.6 is 11.3 Å². The van der Waals surface area contributed by atoms with Crippen molar-refractivity contribution in [3.8, 4) is 0 Å². The van der Waals surface area contributed by atoms with Gasteiger partial charge in [-0.05, 0) is 18.6 Å². The number of carbonyl (C=O) groups is 4. The molecule has 1 aromatic carbocycles. The number of likely N-dealkylation sites (N-methyl/N-ethyl adjacent to an activating group) is 1. The molecule has 1 aliphatic heterocycles. The van der Waals surface area contributed by atoms with Crippen LogP contribution in [0.1, 0.15) is 28.9 Å². The van der Waals surface area contributed by atoms with Gasteiger partial charge in [0, 0.05) is 18.8 Å². The van der Waals surface area contributed by atoms with Gasteiger partial charge in [0.1, 0.15) is 6.04 Å². The van der Waals surface area contributed by atoms with E-state index in [1.807, 2.05) is 0 Å². The zero-order valence-electron chi connectivity index (χ0n) is 15.1. The van der Waals surface area contributed by atoms with Gasteiger partial charge in [0.05, 0.1) is 23.4 Å². The van der Waals surface area contributed by atoms with Gasteiger partial charge in [-0.3, -0.25) is 19.2 Å². The Kier molecular flexibility index (Phi) is 5.99. The molecule has 0 saturated heterocycles. The van der Waals surface area contributed by atoms with Crippen LogP contribution in [-0.2, 0) is 20.8 Å². The van der Waals surface area contributed by atoms with Gasteiger partial charge in [-0.15, -0.1) is 11.3 Å². The van der Waals surface area contributed by atoms with E-state index in [2.05, 4.69) is 26.3 Å². The van der Waals surface area contributed by atoms with Crippen molar-refractivity contribution in [3.63, 3.8) is 0 Å². The minimum Gasteiger partial charge on any atom is -0.359 e. The van der Waals surface area contributed by atoms with Gasteiger partial charge in [-0.25, -0.2) is 4.98 Å². The molecule has 146 valence electrons. The van der Waals surface area contributed by atoms with Crippen LogP contribution in [0.5, 0.6) is 0 Å². The number of carbonyl (C=O) groups excluding carboxylic acids is 4. The smallest absolute Gasteiger partial charge is 0.254 e. The molecule has 9 nitrogen and oxygen atoms in total. The van der Waals surface area contributed by atoms with Gasteiger partial charge in [0.2, 0.25) is 17.7 Å². The number of benzene rings is 1. The first-order valence-electron chi connectivity index (χ1n) is 8.62. The van der Waals surface area contributed by atoms with Crippen LogP contribution < -0.4 is 21.3 Å². The van der Waals surface area contributed by atoms with Crippen LogP contribution in [0.4, 0.5) is 10.8 Å². The normalized spacial score (nSPS) is 15.7. The molecule has 4 amide bonds. The number of fused-ring (bicyclic) bond motifs is 1. The highest BCUT2D eigenvalue weighted by Gasteiger charge is 2.27. The van der Waals surface area contributed by atoms with E-state index in [1.165, 1.54) is 11.3 Å². The SMILES string of the molecule is CNC(=O)Cc1csc(NC(=O)CCC2NC(=O)c3ccccc3NC2=O)n1. The van der Waals surface area contributed by atoms with E-state index >= 15 is 0 Å². The molecule has 1 aliphatic rings. The van der Waals surface area contributed by atoms with E-state index in [4.69, 9.17) is 0 Å². The Morgan fingerprint density at radius 1 is 1.21 bits per heavy atom. The second-order valence-corrected chi connectivity index (χ2v) is 7.00. The first-order chi connectivity index (χ1) is 13.5. The zero-order chi connectivity index (χ0) is 20.1. The maximum atomic E-state index is 12.3. The lowest BCUT2D eigenvalue weighted by atomic mass is 10.1. The molecule has 3 rings (SSSR count). The van der Waals surface area contributed by atoms with E-state index in [9.17, 15) is 19.2 Å².